The molecular weight excluding hydrogens is 366 g/mol. The smallest absolute Gasteiger partial charge is 0.257 e. The Balaban J connectivity index is 1.38. The minimum absolute atomic E-state index is 0.215. The first-order valence-electron chi connectivity index (χ1n) is 9.09. The number of aryl methyl sites for hydroxylation is 2. The van der Waals surface area contributed by atoms with Crippen LogP contribution >= 0.6 is 0 Å². The van der Waals surface area contributed by atoms with Gasteiger partial charge < -0.3 is 5.32 Å². The van der Waals surface area contributed by atoms with E-state index in [0.717, 1.165) is 28.0 Å². The second-order valence-electron chi connectivity index (χ2n) is 6.79. The predicted octanol–water partition coefficient (Wildman–Crippen LogP) is 3.24. The van der Waals surface area contributed by atoms with Gasteiger partial charge in [-0.3, -0.25) is 13.9 Å². The van der Waals surface area contributed by atoms with E-state index in [0.29, 0.717) is 17.0 Å². The molecule has 0 aliphatic heterocycles. The number of nitrogens with zero attached hydrogens (tertiary/aromatic N) is 6. The van der Waals surface area contributed by atoms with Crippen LogP contribution in [0, 0.1) is 6.92 Å². The highest BCUT2D eigenvalue weighted by atomic mass is 16.1. The minimum atomic E-state index is -0.215. The Labute approximate surface area is 165 Å². The largest absolute Gasteiger partial charge is 0.322 e. The van der Waals surface area contributed by atoms with Crippen LogP contribution in [-0.4, -0.2) is 35.0 Å². The summed E-state index contributed by atoms with van der Waals surface area (Å²) >= 11 is 0. The minimum Gasteiger partial charge on any atom is -0.322 e. The summed E-state index contributed by atoms with van der Waals surface area (Å²) in [6, 6.07) is 11.2. The van der Waals surface area contributed by atoms with E-state index in [2.05, 4.69) is 25.4 Å². The summed E-state index contributed by atoms with van der Waals surface area (Å²) in [4.78, 5) is 25.7. The van der Waals surface area contributed by atoms with Crippen molar-refractivity contribution in [1.82, 2.24) is 29.1 Å². The summed E-state index contributed by atoms with van der Waals surface area (Å²) in [5, 5.41) is 8.12. The highest BCUT2D eigenvalue weighted by Crippen LogP contribution is 2.22. The van der Waals surface area contributed by atoms with Gasteiger partial charge in [0.05, 0.1) is 17.0 Å². The highest BCUT2D eigenvalue weighted by Gasteiger charge is 2.12. The Bertz CT molecular complexity index is 1330. The number of hydrogen-bond donors (Lipinski definition) is 1. The van der Waals surface area contributed by atoms with Gasteiger partial charge in [-0.1, -0.05) is 12.1 Å². The summed E-state index contributed by atoms with van der Waals surface area (Å²) in [6.45, 7) is 1.90. The van der Waals surface area contributed by atoms with Crippen LogP contribution in [0.25, 0.3) is 28.1 Å². The summed E-state index contributed by atoms with van der Waals surface area (Å²) in [5.41, 5.74) is 4.56. The van der Waals surface area contributed by atoms with E-state index in [1.165, 1.54) is 0 Å². The fourth-order valence-electron chi connectivity index (χ4n) is 3.33. The molecule has 29 heavy (non-hydrogen) atoms. The molecule has 5 rings (SSSR count). The van der Waals surface area contributed by atoms with Crippen molar-refractivity contribution in [2.24, 2.45) is 7.05 Å². The second kappa shape index (κ2) is 6.52. The molecular formula is C21H17N7O. The predicted molar refractivity (Wildman–Crippen MR) is 110 cm³/mol. The molecule has 0 aliphatic carbocycles. The van der Waals surface area contributed by atoms with E-state index in [4.69, 9.17) is 0 Å². The molecule has 0 bridgehead atoms. The molecule has 0 aliphatic rings. The average Bonchev–Trinajstić information content (AvgIpc) is 3.29. The van der Waals surface area contributed by atoms with Crippen LogP contribution in [-0.2, 0) is 7.05 Å². The maximum Gasteiger partial charge on any atom is 0.257 e. The summed E-state index contributed by atoms with van der Waals surface area (Å²) in [5.74, 6) is 0.431. The molecule has 8 heteroatoms. The molecule has 8 nitrogen and oxygen atoms in total. The van der Waals surface area contributed by atoms with Gasteiger partial charge in [0.1, 0.15) is 0 Å². The lowest BCUT2D eigenvalue weighted by molar-refractivity contribution is 0.102. The number of amides is 1. The van der Waals surface area contributed by atoms with Gasteiger partial charge in [0, 0.05) is 48.5 Å². The zero-order valence-corrected chi connectivity index (χ0v) is 15.9. The molecule has 0 saturated carbocycles. The van der Waals surface area contributed by atoms with Crippen LogP contribution in [0.2, 0.25) is 0 Å². The molecule has 1 N–H and O–H groups in total. The van der Waals surface area contributed by atoms with Gasteiger partial charge >= 0.3 is 0 Å². The maximum absolute atomic E-state index is 12.6. The molecule has 4 heterocycles. The lowest BCUT2D eigenvalue weighted by Gasteiger charge is -2.06. The first-order chi connectivity index (χ1) is 14.1. The number of anilines is 1. The fourth-order valence-corrected chi connectivity index (χ4v) is 3.33. The van der Waals surface area contributed by atoms with Gasteiger partial charge in [0.15, 0.2) is 5.65 Å². The monoisotopic (exact) mass is 383 g/mol. The number of imidazole rings is 1. The molecule has 4 aromatic heterocycles. The van der Waals surface area contributed by atoms with Gasteiger partial charge in [0.25, 0.3) is 5.91 Å². The average molecular weight is 383 g/mol. The Morgan fingerprint density at radius 3 is 2.76 bits per heavy atom. The van der Waals surface area contributed by atoms with Crippen LogP contribution in [0.1, 0.15) is 16.1 Å². The zero-order chi connectivity index (χ0) is 20.0. The molecule has 0 unspecified atom stereocenters. The molecule has 0 atom stereocenters. The lowest BCUT2D eigenvalue weighted by atomic mass is 10.1. The second-order valence-corrected chi connectivity index (χ2v) is 6.79. The Kier molecular flexibility index (Phi) is 3.83. The van der Waals surface area contributed by atoms with E-state index in [1.807, 2.05) is 67.2 Å². The van der Waals surface area contributed by atoms with Crippen molar-refractivity contribution in [2.45, 2.75) is 6.92 Å². The number of carbonyl (C=O) groups excluding carboxylic acids is 1. The third kappa shape index (κ3) is 3.00. The summed E-state index contributed by atoms with van der Waals surface area (Å²) < 4.78 is 3.58. The van der Waals surface area contributed by atoms with Crippen molar-refractivity contribution >= 4 is 28.4 Å². The molecule has 5 aromatic rings. The van der Waals surface area contributed by atoms with E-state index >= 15 is 0 Å². The van der Waals surface area contributed by atoms with Crippen molar-refractivity contribution < 1.29 is 4.79 Å². The van der Waals surface area contributed by atoms with Gasteiger partial charge in [-0.25, -0.2) is 15.0 Å². The molecule has 0 spiro atoms. The fraction of sp³-hybridized carbons (Fsp3) is 0.0952. The number of hydrogen-bond acceptors (Lipinski definition) is 5. The van der Waals surface area contributed by atoms with E-state index in [1.54, 1.807) is 17.1 Å². The van der Waals surface area contributed by atoms with E-state index in [9.17, 15) is 4.79 Å². The number of carbonyl (C=O) groups is 1. The molecule has 0 radical (unpaired) electrons. The molecule has 142 valence electrons. The number of aromatic nitrogens is 6. The number of fused-ring (bicyclic) bond motifs is 2. The first kappa shape index (κ1) is 17.1. The molecule has 0 saturated heterocycles. The van der Waals surface area contributed by atoms with Crippen LogP contribution in [0.4, 0.5) is 5.69 Å². The SMILES string of the molecule is Cc1nn(C)c2ncc(C(=O)Nc3ccc(-c4cn5cccnc5n4)cc3)cc12. The number of nitrogens with one attached hydrogen (secondary N) is 1. The Hall–Kier alpha value is -4.07. The maximum atomic E-state index is 12.6. The molecule has 1 aromatic carbocycles. The van der Waals surface area contributed by atoms with Crippen molar-refractivity contribution in [1.29, 1.82) is 0 Å². The van der Waals surface area contributed by atoms with Gasteiger partial charge in [-0.2, -0.15) is 5.10 Å². The number of rotatable bonds is 3. The van der Waals surface area contributed by atoms with Crippen LogP contribution in [0.3, 0.4) is 0 Å². The van der Waals surface area contributed by atoms with Gasteiger partial charge in [0.2, 0.25) is 5.78 Å². The summed E-state index contributed by atoms with van der Waals surface area (Å²) in [6.07, 6.45) is 7.11. The Morgan fingerprint density at radius 2 is 1.97 bits per heavy atom. The molecule has 0 fully saturated rings. The van der Waals surface area contributed by atoms with Crippen molar-refractivity contribution in [3.63, 3.8) is 0 Å². The third-order valence-corrected chi connectivity index (χ3v) is 4.80. The van der Waals surface area contributed by atoms with Gasteiger partial charge in [-0.05, 0) is 31.2 Å². The highest BCUT2D eigenvalue weighted by molar-refractivity contribution is 6.05. The van der Waals surface area contributed by atoms with Crippen molar-refractivity contribution in [3.8, 4) is 11.3 Å². The van der Waals surface area contributed by atoms with Crippen molar-refractivity contribution in [3.05, 3.63) is 72.4 Å². The molecule has 1 amide bonds. The quantitative estimate of drug-likeness (QED) is 0.517. The van der Waals surface area contributed by atoms with Crippen LogP contribution in [0.15, 0.2) is 61.2 Å². The van der Waals surface area contributed by atoms with Crippen molar-refractivity contribution in [2.75, 3.05) is 5.32 Å². The van der Waals surface area contributed by atoms with E-state index < -0.39 is 0 Å². The third-order valence-electron chi connectivity index (χ3n) is 4.80. The lowest BCUT2D eigenvalue weighted by Crippen LogP contribution is -2.12. The topological polar surface area (TPSA) is 90.0 Å². The number of benzene rings is 1. The van der Waals surface area contributed by atoms with Gasteiger partial charge in [-0.15, -0.1) is 0 Å². The normalized spacial score (nSPS) is 11.2. The first-order valence-corrected chi connectivity index (χ1v) is 9.09. The number of pyridine rings is 1. The summed E-state index contributed by atoms with van der Waals surface area (Å²) in [7, 11) is 1.84. The van der Waals surface area contributed by atoms with Crippen LogP contribution in [0.5, 0.6) is 0 Å². The van der Waals surface area contributed by atoms with E-state index in [-0.39, 0.29) is 5.91 Å². The zero-order valence-electron chi connectivity index (χ0n) is 15.9. The standard InChI is InChI=1S/C21H17N7O/c1-13-17-10-15(11-23-19(17)27(2)26-13)20(29)24-16-6-4-14(5-7-16)18-12-28-9-3-8-22-21(28)25-18/h3-12H,1-2H3,(H,24,29). The van der Waals surface area contributed by atoms with Crippen LogP contribution < -0.4 is 5.32 Å². The Morgan fingerprint density at radius 1 is 1.14 bits per heavy atom.